The second kappa shape index (κ2) is 12.1. The van der Waals surface area contributed by atoms with Gasteiger partial charge in [0.1, 0.15) is 18.2 Å². The third-order valence-electron chi connectivity index (χ3n) is 6.59. The Morgan fingerprint density at radius 1 is 1.03 bits per heavy atom. The molecule has 2 aromatic rings. The lowest BCUT2D eigenvalue weighted by molar-refractivity contribution is -0.144. The molecule has 0 saturated carbocycles. The summed E-state index contributed by atoms with van der Waals surface area (Å²) in [6.07, 6.45) is -0.298. The maximum atomic E-state index is 13.3. The number of alkyl carbamates (subject to hydrolysis) is 1. The van der Waals surface area contributed by atoms with Crippen LogP contribution >= 0.6 is 0 Å². The van der Waals surface area contributed by atoms with E-state index in [2.05, 4.69) is 17.4 Å². The number of carbonyl (C=O) groups is 3. The van der Waals surface area contributed by atoms with E-state index in [1.165, 1.54) is 4.90 Å². The molecule has 0 saturated heterocycles. The fourth-order valence-electron chi connectivity index (χ4n) is 4.68. The molecule has 1 aliphatic carbocycles. The van der Waals surface area contributed by atoms with E-state index in [1.54, 1.807) is 20.8 Å². The van der Waals surface area contributed by atoms with Crippen LogP contribution in [0.15, 0.2) is 48.5 Å². The number of aliphatic carboxylic acids is 1. The lowest BCUT2D eigenvalue weighted by Gasteiger charge is -2.32. The number of rotatable bonds is 10. The van der Waals surface area contributed by atoms with Gasteiger partial charge in [0.15, 0.2) is 0 Å². The van der Waals surface area contributed by atoms with Gasteiger partial charge in [-0.2, -0.15) is 0 Å². The van der Waals surface area contributed by atoms with Gasteiger partial charge in [-0.3, -0.25) is 4.90 Å². The quantitative estimate of drug-likeness (QED) is 0.400. The summed E-state index contributed by atoms with van der Waals surface area (Å²) in [5.74, 6) is -1.49. The number of nitrogens with one attached hydrogen (secondary N) is 1. The Labute approximate surface area is 219 Å². The van der Waals surface area contributed by atoms with Crippen molar-refractivity contribution in [3.8, 4) is 11.1 Å². The molecule has 0 spiro atoms. The first kappa shape index (κ1) is 28.0. The van der Waals surface area contributed by atoms with Gasteiger partial charge in [0.2, 0.25) is 0 Å². The fraction of sp³-hybridized carbons (Fsp3) is 0.483. The Hall–Kier alpha value is -3.55. The van der Waals surface area contributed by atoms with Crippen LogP contribution in [0.2, 0.25) is 0 Å². The number of hydrogen-bond donors (Lipinski definition) is 2. The van der Waals surface area contributed by atoms with Gasteiger partial charge in [0, 0.05) is 19.0 Å². The second-order valence-corrected chi connectivity index (χ2v) is 10.4. The zero-order chi connectivity index (χ0) is 27.2. The van der Waals surface area contributed by atoms with Crippen LogP contribution < -0.4 is 5.32 Å². The van der Waals surface area contributed by atoms with Gasteiger partial charge < -0.3 is 19.9 Å². The lowest BCUT2D eigenvalue weighted by atomic mass is 9.97. The molecule has 0 aliphatic heterocycles. The molecule has 2 amide bonds. The molecule has 3 rings (SSSR count). The molecule has 8 nitrogen and oxygen atoms in total. The van der Waals surface area contributed by atoms with Crippen LogP contribution in [0.5, 0.6) is 0 Å². The Bertz CT molecular complexity index is 1060. The molecular formula is C29H38N2O6. The van der Waals surface area contributed by atoms with E-state index in [0.717, 1.165) is 22.3 Å². The first-order chi connectivity index (χ1) is 17.5. The van der Waals surface area contributed by atoms with Crippen molar-refractivity contribution in [3.05, 3.63) is 59.7 Å². The zero-order valence-corrected chi connectivity index (χ0v) is 22.3. The summed E-state index contributed by atoms with van der Waals surface area (Å²) in [6.45, 7) is 9.47. The van der Waals surface area contributed by atoms with Crippen molar-refractivity contribution < 1.29 is 29.0 Å². The van der Waals surface area contributed by atoms with Crippen molar-refractivity contribution in [2.45, 2.75) is 65.0 Å². The number of nitrogens with zero attached hydrogens (tertiary/aromatic N) is 1. The van der Waals surface area contributed by atoms with Crippen LogP contribution in [0, 0.1) is 5.92 Å². The van der Waals surface area contributed by atoms with Crippen molar-refractivity contribution in [1.29, 1.82) is 0 Å². The van der Waals surface area contributed by atoms with E-state index < -0.39 is 29.8 Å². The molecule has 0 unspecified atom stereocenters. The molecular weight excluding hydrogens is 472 g/mol. The summed E-state index contributed by atoms with van der Waals surface area (Å²) in [5, 5.41) is 12.6. The molecule has 200 valence electrons. The standard InChI is InChI=1S/C29H38N2O6/c1-6-19(2)25(26(32)33)31(17-11-16-30-27(34)37-29(3,4)5)28(35)36-18-24-22-14-9-7-12-20(22)21-13-8-10-15-23(21)24/h7-10,12-15,19,24-25H,6,11,16-18H2,1-5H3,(H,30,34)(H,32,33)/t19-,25-/m0/s1. The second-order valence-electron chi connectivity index (χ2n) is 10.4. The third kappa shape index (κ3) is 7.02. The van der Waals surface area contributed by atoms with E-state index in [1.807, 2.05) is 50.2 Å². The summed E-state index contributed by atoms with van der Waals surface area (Å²) in [4.78, 5) is 38.8. The molecule has 0 aromatic heterocycles. The third-order valence-corrected chi connectivity index (χ3v) is 6.59. The molecule has 37 heavy (non-hydrogen) atoms. The first-order valence-corrected chi connectivity index (χ1v) is 12.8. The SMILES string of the molecule is CC[C@H](C)[C@@H](C(=O)O)N(CCCNC(=O)OC(C)(C)C)C(=O)OCC1c2ccccc2-c2ccccc21. The summed E-state index contributed by atoms with van der Waals surface area (Å²) in [7, 11) is 0. The Balaban J connectivity index is 1.71. The fourth-order valence-corrected chi connectivity index (χ4v) is 4.68. The molecule has 0 heterocycles. The summed E-state index contributed by atoms with van der Waals surface area (Å²) in [6, 6.07) is 15.1. The minimum Gasteiger partial charge on any atom is -0.480 e. The zero-order valence-electron chi connectivity index (χ0n) is 22.3. The van der Waals surface area contributed by atoms with Crippen molar-refractivity contribution in [3.63, 3.8) is 0 Å². The molecule has 2 N–H and O–H groups in total. The number of hydrogen-bond acceptors (Lipinski definition) is 5. The van der Waals surface area contributed by atoms with E-state index in [9.17, 15) is 19.5 Å². The Morgan fingerprint density at radius 2 is 1.59 bits per heavy atom. The van der Waals surface area contributed by atoms with E-state index in [4.69, 9.17) is 9.47 Å². The van der Waals surface area contributed by atoms with Crippen LogP contribution in [0.4, 0.5) is 9.59 Å². The van der Waals surface area contributed by atoms with Gasteiger partial charge >= 0.3 is 18.2 Å². The summed E-state index contributed by atoms with van der Waals surface area (Å²) < 4.78 is 11.0. The van der Waals surface area contributed by atoms with Crippen LogP contribution in [0.1, 0.15) is 64.5 Å². The molecule has 8 heteroatoms. The molecule has 0 radical (unpaired) electrons. The lowest BCUT2D eigenvalue weighted by Crippen LogP contribution is -2.50. The van der Waals surface area contributed by atoms with Gasteiger partial charge in [0.05, 0.1) is 0 Å². The number of fused-ring (bicyclic) bond motifs is 3. The van der Waals surface area contributed by atoms with E-state index in [0.29, 0.717) is 12.8 Å². The highest BCUT2D eigenvalue weighted by Gasteiger charge is 2.36. The summed E-state index contributed by atoms with van der Waals surface area (Å²) in [5.41, 5.74) is 3.78. The predicted molar refractivity (Wildman–Crippen MR) is 142 cm³/mol. The van der Waals surface area contributed by atoms with E-state index in [-0.39, 0.29) is 31.5 Å². The van der Waals surface area contributed by atoms with Crippen molar-refractivity contribution in [2.75, 3.05) is 19.7 Å². The Kier molecular flexibility index (Phi) is 9.18. The number of carboxylic acid groups (broad SMARTS) is 1. The largest absolute Gasteiger partial charge is 0.480 e. The molecule has 2 aromatic carbocycles. The maximum Gasteiger partial charge on any atom is 0.410 e. The number of carboxylic acids is 1. The average molecular weight is 511 g/mol. The smallest absolute Gasteiger partial charge is 0.410 e. The topological polar surface area (TPSA) is 105 Å². The van der Waals surface area contributed by atoms with Crippen molar-refractivity contribution >= 4 is 18.2 Å². The highest BCUT2D eigenvalue weighted by molar-refractivity contribution is 5.81. The highest BCUT2D eigenvalue weighted by atomic mass is 16.6. The van der Waals surface area contributed by atoms with Crippen molar-refractivity contribution in [2.24, 2.45) is 5.92 Å². The predicted octanol–water partition coefficient (Wildman–Crippen LogP) is 5.65. The molecule has 2 atom stereocenters. The van der Waals surface area contributed by atoms with Crippen LogP contribution in [0.25, 0.3) is 11.1 Å². The highest BCUT2D eigenvalue weighted by Crippen LogP contribution is 2.44. The minimum atomic E-state index is -1.08. The number of ether oxygens (including phenoxy) is 2. The number of carbonyl (C=O) groups excluding carboxylic acids is 2. The average Bonchev–Trinajstić information content (AvgIpc) is 3.16. The van der Waals surface area contributed by atoms with Crippen LogP contribution in [-0.2, 0) is 14.3 Å². The van der Waals surface area contributed by atoms with Crippen LogP contribution in [-0.4, -0.2) is 59.5 Å². The minimum absolute atomic E-state index is 0.104. The van der Waals surface area contributed by atoms with Gasteiger partial charge in [-0.15, -0.1) is 0 Å². The van der Waals surface area contributed by atoms with Crippen LogP contribution in [0.3, 0.4) is 0 Å². The number of benzene rings is 2. The maximum absolute atomic E-state index is 13.3. The normalized spacial score (nSPS) is 14.2. The molecule has 0 fully saturated rings. The summed E-state index contributed by atoms with van der Waals surface area (Å²) >= 11 is 0. The van der Waals surface area contributed by atoms with E-state index >= 15 is 0 Å². The molecule has 1 aliphatic rings. The first-order valence-electron chi connectivity index (χ1n) is 12.8. The Morgan fingerprint density at radius 3 is 2.11 bits per heavy atom. The van der Waals surface area contributed by atoms with Crippen molar-refractivity contribution in [1.82, 2.24) is 10.2 Å². The van der Waals surface area contributed by atoms with Gasteiger partial charge in [0.25, 0.3) is 0 Å². The number of amides is 2. The van der Waals surface area contributed by atoms with Gasteiger partial charge in [-0.25, -0.2) is 14.4 Å². The molecule has 0 bridgehead atoms. The monoisotopic (exact) mass is 510 g/mol. The van der Waals surface area contributed by atoms with Gasteiger partial charge in [-0.1, -0.05) is 68.8 Å². The van der Waals surface area contributed by atoms with Gasteiger partial charge in [-0.05, 0) is 55.4 Å².